The lowest BCUT2D eigenvalue weighted by Crippen LogP contribution is -2.26. The topological polar surface area (TPSA) is 61.6 Å². The number of methoxy groups -OCH3 is 1. The van der Waals surface area contributed by atoms with Crippen LogP contribution in [0.2, 0.25) is 0 Å². The Hall–Kier alpha value is -1.93. The molecule has 0 bridgehead atoms. The molecule has 5 nitrogen and oxygen atoms in total. The fourth-order valence-electron chi connectivity index (χ4n) is 1.07. The highest BCUT2D eigenvalue weighted by Gasteiger charge is 2.26. The zero-order valence-electron chi connectivity index (χ0n) is 8.73. The number of nitro benzene ring substituents is 1. The third-order valence-electron chi connectivity index (χ3n) is 1.79. The maximum atomic E-state index is 12.0. The van der Waals surface area contributed by atoms with Crippen LogP contribution in [0.5, 0.6) is 11.5 Å². The lowest BCUT2D eigenvalue weighted by atomic mass is 9.95. The quantitative estimate of drug-likeness (QED) is 0.457. The Labute approximate surface area is 94.3 Å². The minimum absolute atomic E-state index is 0.168. The summed E-state index contributed by atoms with van der Waals surface area (Å²) in [7, 11) is 1.29. The summed E-state index contributed by atoms with van der Waals surface area (Å²) in [5.74, 6) is -0.267. The summed E-state index contributed by atoms with van der Waals surface area (Å²) in [6.45, 7) is -6.68. The summed E-state index contributed by atoms with van der Waals surface area (Å²) >= 11 is 0. The monoisotopic (exact) mass is 250 g/mol. The van der Waals surface area contributed by atoms with E-state index in [1.807, 2.05) is 0 Å². The molecule has 94 valence electrons. The number of benzene rings is 1. The van der Waals surface area contributed by atoms with Crippen LogP contribution in [0.15, 0.2) is 18.2 Å². The normalized spacial score (nSPS) is 11.1. The second kappa shape index (κ2) is 4.94. The SMILES string of the molecule is COc1ccc(OC[B-](F)(F)F)c([N+](=O)[O-])c1. The van der Waals surface area contributed by atoms with Gasteiger partial charge in [-0.25, -0.2) is 0 Å². The molecule has 1 aromatic rings. The number of nitro groups is 1. The number of halogens is 3. The van der Waals surface area contributed by atoms with Crippen molar-refractivity contribution in [3.8, 4) is 11.5 Å². The van der Waals surface area contributed by atoms with Crippen LogP contribution in [-0.2, 0) is 0 Å². The number of hydrogen-bond donors (Lipinski definition) is 0. The highest BCUT2D eigenvalue weighted by molar-refractivity contribution is 6.58. The molecule has 0 saturated heterocycles. The Morgan fingerprint density at radius 2 is 2.06 bits per heavy atom. The molecular weight excluding hydrogens is 242 g/mol. The average molecular weight is 250 g/mol. The summed E-state index contributed by atoms with van der Waals surface area (Å²) in [6, 6.07) is 3.35. The Balaban J connectivity index is 2.95. The molecular formula is C8H8BF3NO4-. The van der Waals surface area contributed by atoms with Crippen LogP contribution in [0, 0.1) is 10.1 Å². The van der Waals surface area contributed by atoms with Gasteiger partial charge in [0.05, 0.1) is 24.6 Å². The molecule has 1 aromatic carbocycles. The minimum Gasteiger partial charge on any atom is -0.517 e. The van der Waals surface area contributed by atoms with Crippen LogP contribution in [-0.4, -0.2) is 25.5 Å². The molecule has 0 spiro atoms. The van der Waals surface area contributed by atoms with Crippen molar-refractivity contribution < 1.29 is 27.3 Å². The third kappa shape index (κ3) is 3.85. The first-order valence-electron chi connectivity index (χ1n) is 4.49. The van der Waals surface area contributed by atoms with Crippen LogP contribution in [0.3, 0.4) is 0 Å². The first-order chi connectivity index (χ1) is 7.83. The van der Waals surface area contributed by atoms with Crippen molar-refractivity contribution in [3.63, 3.8) is 0 Å². The van der Waals surface area contributed by atoms with E-state index in [2.05, 4.69) is 4.74 Å². The van der Waals surface area contributed by atoms with Crippen LogP contribution in [0.25, 0.3) is 0 Å². The molecule has 0 aliphatic rings. The Kier molecular flexibility index (Phi) is 3.82. The van der Waals surface area contributed by atoms with E-state index in [9.17, 15) is 23.1 Å². The van der Waals surface area contributed by atoms with Crippen LogP contribution in [0.1, 0.15) is 0 Å². The van der Waals surface area contributed by atoms with E-state index >= 15 is 0 Å². The lowest BCUT2D eigenvalue weighted by Gasteiger charge is -2.15. The Bertz CT molecular complexity index is 424. The van der Waals surface area contributed by atoms with E-state index in [1.165, 1.54) is 13.2 Å². The van der Waals surface area contributed by atoms with Crippen LogP contribution < -0.4 is 9.47 Å². The van der Waals surface area contributed by atoms with E-state index < -0.39 is 29.8 Å². The van der Waals surface area contributed by atoms with E-state index in [0.717, 1.165) is 12.1 Å². The standard InChI is InChI=1S/C8H8BF3NO4/c1-16-6-2-3-8(7(4-6)13(14)15)17-5-9(10,11)12/h2-4H,5H2,1H3/q-1. The smallest absolute Gasteiger partial charge is 0.515 e. The van der Waals surface area contributed by atoms with Crippen LogP contribution >= 0.6 is 0 Å². The molecule has 9 heteroatoms. The molecule has 0 radical (unpaired) electrons. The van der Waals surface area contributed by atoms with Gasteiger partial charge in [0.25, 0.3) is 0 Å². The highest BCUT2D eigenvalue weighted by Crippen LogP contribution is 2.31. The number of hydrogen-bond acceptors (Lipinski definition) is 4. The van der Waals surface area contributed by atoms with E-state index in [0.29, 0.717) is 0 Å². The fraction of sp³-hybridized carbons (Fsp3) is 0.250. The van der Waals surface area contributed by atoms with Gasteiger partial charge in [0.2, 0.25) is 0 Å². The lowest BCUT2D eigenvalue weighted by molar-refractivity contribution is -0.385. The number of ether oxygens (including phenoxy) is 2. The predicted molar refractivity (Wildman–Crippen MR) is 54.2 cm³/mol. The van der Waals surface area contributed by atoms with Gasteiger partial charge in [0.15, 0.2) is 5.75 Å². The second-order valence-corrected chi connectivity index (χ2v) is 3.11. The van der Waals surface area contributed by atoms with Gasteiger partial charge in [0.1, 0.15) is 5.75 Å². The molecule has 17 heavy (non-hydrogen) atoms. The maximum absolute atomic E-state index is 12.0. The number of nitrogens with zero attached hydrogens (tertiary/aromatic N) is 1. The summed E-state index contributed by atoms with van der Waals surface area (Å²) in [6.07, 6.45) is 0. The van der Waals surface area contributed by atoms with Gasteiger partial charge in [-0.3, -0.25) is 10.1 Å². The Morgan fingerprint density at radius 3 is 2.53 bits per heavy atom. The largest absolute Gasteiger partial charge is 0.517 e. The summed E-state index contributed by atoms with van der Waals surface area (Å²) in [5.41, 5.74) is -0.565. The molecule has 0 amide bonds. The maximum Gasteiger partial charge on any atom is 0.515 e. The third-order valence-corrected chi connectivity index (χ3v) is 1.79. The van der Waals surface area contributed by atoms with Gasteiger partial charge in [0, 0.05) is 0 Å². The van der Waals surface area contributed by atoms with E-state index in [-0.39, 0.29) is 5.75 Å². The molecule has 0 unspecified atom stereocenters. The van der Waals surface area contributed by atoms with E-state index in [1.54, 1.807) is 0 Å². The predicted octanol–water partition coefficient (Wildman–Crippen LogP) is 2.37. The molecule has 0 N–H and O–H groups in total. The van der Waals surface area contributed by atoms with Gasteiger partial charge in [-0.15, -0.1) is 0 Å². The van der Waals surface area contributed by atoms with Crippen molar-refractivity contribution in [2.45, 2.75) is 0 Å². The minimum atomic E-state index is -5.15. The average Bonchev–Trinajstić information content (AvgIpc) is 2.25. The first kappa shape index (κ1) is 13.1. The second-order valence-electron chi connectivity index (χ2n) is 3.11. The molecule has 0 aliphatic carbocycles. The molecule has 0 fully saturated rings. The molecule has 0 saturated carbocycles. The fourth-order valence-corrected chi connectivity index (χ4v) is 1.07. The van der Waals surface area contributed by atoms with Crippen molar-refractivity contribution >= 4 is 12.7 Å². The molecule has 0 heterocycles. The number of rotatable bonds is 5. The zero-order chi connectivity index (χ0) is 13.1. The first-order valence-corrected chi connectivity index (χ1v) is 4.49. The van der Waals surface area contributed by atoms with Crippen molar-refractivity contribution in [2.75, 3.05) is 13.6 Å². The molecule has 1 rings (SSSR count). The molecule has 0 aromatic heterocycles. The zero-order valence-corrected chi connectivity index (χ0v) is 8.73. The van der Waals surface area contributed by atoms with Gasteiger partial charge in [-0.05, 0) is 12.1 Å². The van der Waals surface area contributed by atoms with Crippen molar-refractivity contribution in [3.05, 3.63) is 28.3 Å². The van der Waals surface area contributed by atoms with Crippen LogP contribution in [0.4, 0.5) is 18.6 Å². The molecule has 0 atom stereocenters. The Morgan fingerprint density at radius 1 is 1.41 bits per heavy atom. The van der Waals surface area contributed by atoms with Gasteiger partial charge in [-0.1, -0.05) is 0 Å². The van der Waals surface area contributed by atoms with Crippen molar-refractivity contribution in [1.82, 2.24) is 0 Å². The van der Waals surface area contributed by atoms with Gasteiger partial charge >= 0.3 is 12.7 Å². The van der Waals surface area contributed by atoms with Crippen molar-refractivity contribution in [2.24, 2.45) is 0 Å². The van der Waals surface area contributed by atoms with Gasteiger partial charge < -0.3 is 22.4 Å². The summed E-state index contributed by atoms with van der Waals surface area (Å²) < 4.78 is 45.0. The highest BCUT2D eigenvalue weighted by atomic mass is 19.4. The van der Waals surface area contributed by atoms with Gasteiger partial charge in [-0.2, -0.15) is 0 Å². The molecule has 0 aliphatic heterocycles. The summed E-state index contributed by atoms with van der Waals surface area (Å²) in [5, 5.41) is 10.6. The van der Waals surface area contributed by atoms with Crippen molar-refractivity contribution in [1.29, 1.82) is 0 Å². The van der Waals surface area contributed by atoms with E-state index in [4.69, 9.17) is 4.74 Å². The summed E-state index contributed by atoms with van der Waals surface area (Å²) in [4.78, 5) is 9.78.